The van der Waals surface area contributed by atoms with Gasteiger partial charge in [-0.25, -0.2) is 13.1 Å². The van der Waals surface area contributed by atoms with Crippen LogP contribution in [0.3, 0.4) is 0 Å². The van der Waals surface area contributed by atoms with Crippen LogP contribution in [0.15, 0.2) is 89.8 Å². The molecule has 0 unspecified atom stereocenters. The van der Waals surface area contributed by atoms with Crippen LogP contribution in [-0.4, -0.2) is 35.0 Å². The van der Waals surface area contributed by atoms with E-state index in [0.717, 1.165) is 16.9 Å². The summed E-state index contributed by atoms with van der Waals surface area (Å²) in [5.74, 6) is 0.199. The van der Waals surface area contributed by atoms with Crippen LogP contribution in [0.5, 0.6) is 0 Å². The van der Waals surface area contributed by atoms with E-state index in [1.165, 1.54) is 34.1 Å². The molecule has 0 fully saturated rings. The van der Waals surface area contributed by atoms with Gasteiger partial charge in [-0.15, -0.1) is 0 Å². The van der Waals surface area contributed by atoms with Gasteiger partial charge in [0.15, 0.2) is 0 Å². The first kappa shape index (κ1) is 22.1. The summed E-state index contributed by atoms with van der Waals surface area (Å²) in [6.07, 6.45) is 0.685. The molecule has 0 saturated carbocycles. The van der Waals surface area contributed by atoms with Crippen molar-refractivity contribution in [2.24, 2.45) is 0 Å². The molecule has 4 aromatic rings. The first-order valence-corrected chi connectivity index (χ1v) is 12.5. The van der Waals surface area contributed by atoms with Gasteiger partial charge in [-0.05, 0) is 60.9 Å². The Morgan fingerprint density at radius 1 is 0.912 bits per heavy atom. The number of para-hydroxylation sites is 1. The van der Waals surface area contributed by atoms with Gasteiger partial charge in [0.2, 0.25) is 10.0 Å². The number of sulfonamides is 1. The fourth-order valence-corrected chi connectivity index (χ4v) is 5.56. The summed E-state index contributed by atoms with van der Waals surface area (Å²) in [6, 6.07) is 25.3. The van der Waals surface area contributed by atoms with Crippen molar-refractivity contribution < 1.29 is 13.2 Å². The highest BCUT2D eigenvalue weighted by Gasteiger charge is 2.28. The normalized spacial score (nSPS) is 13.9. The number of aromatic nitrogens is 2. The lowest BCUT2D eigenvalue weighted by atomic mass is 10.0. The number of fused-ring (bicyclic) bond motifs is 1. The second-order valence-electron chi connectivity index (χ2n) is 8.25. The predicted octanol–water partition coefficient (Wildman–Crippen LogP) is 4.18. The predicted molar refractivity (Wildman–Crippen MR) is 130 cm³/mol. The zero-order valence-corrected chi connectivity index (χ0v) is 19.5. The van der Waals surface area contributed by atoms with Crippen LogP contribution in [0.4, 0.5) is 5.82 Å². The van der Waals surface area contributed by atoms with Crippen LogP contribution < -0.4 is 5.32 Å². The average Bonchev–Trinajstić information content (AvgIpc) is 3.24. The quantitative estimate of drug-likeness (QED) is 0.472. The Labute approximate surface area is 198 Å². The topological polar surface area (TPSA) is 84.3 Å². The summed E-state index contributed by atoms with van der Waals surface area (Å²) in [4.78, 5) is 13.1. The molecule has 0 atom stereocenters. The molecule has 8 heteroatoms. The van der Waals surface area contributed by atoms with Crippen molar-refractivity contribution in [1.29, 1.82) is 0 Å². The van der Waals surface area contributed by atoms with Gasteiger partial charge >= 0.3 is 0 Å². The molecule has 1 amide bonds. The lowest BCUT2D eigenvalue weighted by Crippen LogP contribution is -2.35. The molecule has 0 saturated heterocycles. The smallest absolute Gasteiger partial charge is 0.256 e. The summed E-state index contributed by atoms with van der Waals surface area (Å²) in [5.41, 5.74) is 4.17. The van der Waals surface area contributed by atoms with Gasteiger partial charge in [0.1, 0.15) is 5.82 Å². The second kappa shape index (κ2) is 8.89. The van der Waals surface area contributed by atoms with Crippen molar-refractivity contribution in [3.8, 4) is 5.69 Å². The second-order valence-corrected chi connectivity index (χ2v) is 10.2. The number of anilines is 1. The van der Waals surface area contributed by atoms with Gasteiger partial charge in [-0.1, -0.05) is 42.5 Å². The number of hydrogen-bond acceptors (Lipinski definition) is 4. The van der Waals surface area contributed by atoms with Crippen molar-refractivity contribution in [2.75, 3.05) is 11.9 Å². The van der Waals surface area contributed by atoms with Gasteiger partial charge in [0, 0.05) is 24.7 Å². The molecule has 172 valence electrons. The van der Waals surface area contributed by atoms with Gasteiger partial charge in [0.05, 0.1) is 16.3 Å². The van der Waals surface area contributed by atoms with E-state index in [0.29, 0.717) is 30.9 Å². The monoisotopic (exact) mass is 472 g/mol. The number of carbonyl (C=O) groups excluding carboxylic acids is 1. The molecule has 1 aliphatic rings. The van der Waals surface area contributed by atoms with E-state index in [9.17, 15) is 13.2 Å². The molecule has 0 spiro atoms. The number of hydrogen-bond donors (Lipinski definition) is 1. The number of amides is 1. The summed E-state index contributed by atoms with van der Waals surface area (Å²) in [5, 5.41) is 7.34. The molecule has 0 aliphatic carbocycles. The van der Waals surface area contributed by atoms with E-state index in [-0.39, 0.29) is 10.8 Å². The van der Waals surface area contributed by atoms with Crippen molar-refractivity contribution in [2.45, 2.75) is 24.8 Å². The Balaban J connectivity index is 1.34. The largest absolute Gasteiger partial charge is 0.306 e. The Morgan fingerprint density at radius 2 is 1.59 bits per heavy atom. The van der Waals surface area contributed by atoms with E-state index in [4.69, 9.17) is 0 Å². The van der Waals surface area contributed by atoms with Crippen LogP contribution >= 0.6 is 0 Å². The third kappa shape index (κ3) is 4.25. The molecular formula is C26H24N4O3S. The average molecular weight is 473 g/mol. The third-order valence-electron chi connectivity index (χ3n) is 5.92. The SMILES string of the molecule is Cc1cc(NC(=O)c2ccc(S(=O)(=O)N3CCc4ccccc4C3)cc2)n(-c2ccccc2)n1. The van der Waals surface area contributed by atoms with Gasteiger partial charge < -0.3 is 5.32 Å². The Morgan fingerprint density at radius 3 is 2.32 bits per heavy atom. The number of nitrogens with zero attached hydrogens (tertiary/aromatic N) is 3. The molecule has 1 N–H and O–H groups in total. The molecular weight excluding hydrogens is 448 g/mol. The summed E-state index contributed by atoms with van der Waals surface area (Å²) in [7, 11) is -3.66. The molecule has 7 nitrogen and oxygen atoms in total. The van der Waals surface area contributed by atoms with Crippen LogP contribution in [0.25, 0.3) is 5.69 Å². The number of rotatable bonds is 5. The minimum absolute atomic E-state index is 0.175. The summed E-state index contributed by atoms with van der Waals surface area (Å²) >= 11 is 0. The van der Waals surface area contributed by atoms with Crippen molar-refractivity contribution >= 4 is 21.7 Å². The number of carbonyl (C=O) groups is 1. The fourth-order valence-electron chi connectivity index (χ4n) is 4.15. The summed E-state index contributed by atoms with van der Waals surface area (Å²) in [6.45, 7) is 2.64. The van der Waals surface area contributed by atoms with E-state index >= 15 is 0 Å². The highest BCUT2D eigenvalue weighted by Crippen LogP contribution is 2.25. The molecule has 0 bridgehead atoms. The number of aryl methyl sites for hydroxylation is 1. The third-order valence-corrected chi connectivity index (χ3v) is 7.78. The Kier molecular flexibility index (Phi) is 5.77. The molecule has 0 radical (unpaired) electrons. The maximum atomic E-state index is 13.2. The van der Waals surface area contributed by atoms with Crippen molar-refractivity contribution in [3.63, 3.8) is 0 Å². The Bertz CT molecular complexity index is 1450. The lowest BCUT2D eigenvalue weighted by molar-refractivity contribution is 0.102. The highest BCUT2D eigenvalue weighted by molar-refractivity contribution is 7.89. The summed E-state index contributed by atoms with van der Waals surface area (Å²) < 4.78 is 29.5. The number of nitrogens with one attached hydrogen (secondary N) is 1. The molecule has 34 heavy (non-hydrogen) atoms. The fraction of sp³-hybridized carbons (Fsp3) is 0.154. The molecule has 1 aromatic heterocycles. The highest BCUT2D eigenvalue weighted by atomic mass is 32.2. The maximum Gasteiger partial charge on any atom is 0.256 e. The van der Waals surface area contributed by atoms with Gasteiger partial charge in [-0.2, -0.15) is 9.40 Å². The standard InChI is InChI=1S/C26H24N4O3S/c1-19-17-25(30(28-19)23-9-3-2-4-10-23)27-26(31)21-11-13-24(14-12-21)34(32,33)29-16-15-20-7-5-6-8-22(20)18-29/h2-14,17H,15-16,18H2,1H3,(H,27,31). The van der Waals surface area contributed by atoms with Crippen molar-refractivity contribution in [1.82, 2.24) is 14.1 Å². The lowest BCUT2D eigenvalue weighted by Gasteiger charge is -2.28. The van der Waals surface area contributed by atoms with Gasteiger partial charge in [0.25, 0.3) is 5.91 Å². The van der Waals surface area contributed by atoms with Crippen LogP contribution in [0, 0.1) is 6.92 Å². The molecule has 2 heterocycles. The Hall–Kier alpha value is -3.75. The first-order chi connectivity index (χ1) is 16.4. The van der Waals surface area contributed by atoms with Gasteiger partial charge in [-0.3, -0.25) is 4.79 Å². The molecule has 5 rings (SSSR count). The minimum atomic E-state index is -3.66. The molecule has 1 aliphatic heterocycles. The maximum absolute atomic E-state index is 13.2. The first-order valence-electron chi connectivity index (χ1n) is 11.0. The van der Waals surface area contributed by atoms with Crippen LogP contribution in [-0.2, 0) is 23.0 Å². The van der Waals surface area contributed by atoms with Crippen molar-refractivity contribution in [3.05, 3.63) is 107 Å². The van der Waals surface area contributed by atoms with E-state index < -0.39 is 10.0 Å². The van der Waals surface area contributed by atoms with Crippen LogP contribution in [0.1, 0.15) is 27.2 Å². The minimum Gasteiger partial charge on any atom is -0.306 e. The zero-order chi connectivity index (χ0) is 23.7. The molecule has 3 aromatic carbocycles. The number of benzene rings is 3. The van der Waals surface area contributed by atoms with Crippen LogP contribution in [0.2, 0.25) is 0 Å². The van der Waals surface area contributed by atoms with E-state index in [1.54, 1.807) is 10.7 Å². The van der Waals surface area contributed by atoms with E-state index in [1.807, 2.05) is 61.5 Å². The zero-order valence-electron chi connectivity index (χ0n) is 18.7. The van der Waals surface area contributed by atoms with E-state index in [2.05, 4.69) is 10.4 Å².